The SMILES string of the molecule is CN1C[C@@H]1C#N. The van der Waals surface area contributed by atoms with Gasteiger partial charge < -0.3 is 0 Å². The smallest absolute Gasteiger partial charge is 0.110 e. The summed E-state index contributed by atoms with van der Waals surface area (Å²) in [6.07, 6.45) is 0. The van der Waals surface area contributed by atoms with Crippen molar-refractivity contribution in [2.75, 3.05) is 13.6 Å². The Balaban J connectivity index is 2.31. The first-order valence-electron chi connectivity index (χ1n) is 1.94. The van der Waals surface area contributed by atoms with Crippen molar-refractivity contribution in [3.05, 3.63) is 0 Å². The lowest BCUT2D eigenvalue weighted by Crippen LogP contribution is -1.86. The molecule has 1 unspecified atom stereocenters. The molecule has 0 amide bonds. The fraction of sp³-hybridized carbons (Fsp3) is 0.750. The average Bonchev–Trinajstić information content (AvgIpc) is 2.19. The topological polar surface area (TPSA) is 26.8 Å². The van der Waals surface area contributed by atoms with Gasteiger partial charge in [0.15, 0.2) is 0 Å². The third-order valence-corrected chi connectivity index (χ3v) is 1.01. The Morgan fingerprint density at radius 1 is 2.00 bits per heavy atom. The molecule has 0 aromatic heterocycles. The van der Waals surface area contributed by atoms with Crippen molar-refractivity contribution in [1.29, 1.82) is 5.26 Å². The fourth-order valence-corrected chi connectivity index (χ4v) is 0.365. The van der Waals surface area contributed by atoms with Gasteiger partial charge >= 0.3 is 0 Å². The summed E-state index contributed by atoms with van der Waals surface area (Å²) in [5.41, 5.74) is 0. The highest BCUT2D eigenvalue weighted by Crippen LogP contribution is 2.09. The van der Waals surface area contributed by atoms with Crippen molar-refractivity contribution in [3.63, 3.8) is 0 Å². The zero-order valence-corrected chi connectivity index (χ0v) is 3.68. The monoisotopic (exact) mass is 82.1 g/mol. The standard InChI is InChI=1S/C4H6N2/c1-6-3-4(6)2-5/h4H,3H2,1H3/t4-,6?/m0/s1. The molecule has 1 heterocycles. The summed E-state index contributed by atoms with van der Waals surface area (Å²) in [4.78, 5) is 1.99. The van der Waals surface area contributed by atoms with Gasteiger partial charge in [0.25, 0.3) is 0 Å². The van der Waals surface area contributed by atoms with E-state index in [0.29, 0.717) is 0 Å². The summed E-state index contributed by atoms with van der Waals surface area (Å²) in [5.74, 6) is 0. The molecular weight excluding hydrogens is 76.1 g/mol. The molecule has 0 aromatic carbocycles. The van der Waals surface area contributed by atoms with Crippen LogP contribution in [0.2, 0.25) is 0 Å². The van der Waals surface area contributed by atoms with Crippen LogP contribution < -0.4 is 0 Å². The molecule has 0 bridgehead atoms. The first-order chi connectivity index (χ1) is 2.84. The number of hydrogen-bond donors (Lipinski definition) is 0. The number of rotatable bonds is 0. The van der Waals surface area contributed by atoms with E-state index in [1.807, 2.05) is 11.9 Å². The first-order valence-corrected chi connectivity index (χ1v) is 1.94. The highest BCUT2D eigenvalue weighted by atomic mass is 15.3. The summed E-state index contributed by atoms with van der Waals surface area (Å²) in [6, 6.07) is 2.36. The van der Waals surface area contributed by atoms with Crippen LogP contribution in [0.15, 0.2) is 0 Å². The maximum absolute atomic E-state index is 8.08. The van der Waals surface area contributed by atoms with Gasteiger partial charge in [-0.2, -0.15) is 5.26 Å². The highest BCUT2D eigenvalue weighted by Gasteiger charge is 2.28. The van der Waals surface area contributed by atoms with E-state index in [-0.39, 0.29) is 6.04 Å². The predicted octanol–water partition coefficient (Wildman–Crippen LogP) is -0.176. The molecule has 0 aromatic rings. The summed E-state index contributed by atoms with van der Waals surface area (Å²) < 4.78 is 0. The van der Waals surface area contributed by atoms with Crippen molar-refractivity contribution >= 4 is 0 Å². The van der Waals surface area contributed by atoms with E-state index < -0.39 is 0 Å². The Kier molecular flexibility index (Phi) is 0.578. The lowest BCUT2D eigenvalue weighted by molar-refractivity contribution is 0.664. The molecule has 1 fully saturated rings. The lowest BCUT2D eigenvalue weighted by Gasteiger charge is -1.73. The quantitative estimate of drug-likeness (QED) is 0.379. The van der Waals surface area contributed by atoms with Gasteiger partial charge in [-0.1, -0.05) is 0 Å². The molecule has 2 atom stereocenters. The minimum absolute atomic E-state index is 0.241. The van der Waals surface area contributed by atoms with E-state index in [0.717, 1.165) is 6.54 Å². The second-order valence-corrected chi connectivity index (χ2v) is 1.58. The second-order valence-electron chi connectivity index (χ2n) is 1.58. The summed E-state index contributed by atoms with van der Waals surface area (Å²) in [5, 5.41) is 8.08. The Labute approximate surface area is 37.0 Å². The minimum Gasteiger partial charge on any atom is -0.287 e. The zero-order chi connectivity index (χ0) is 4.57. The Morgan fingerprint density at radius 2 is 2.50 bits per heavy atom. The Hall–Kier alpha value is -0.550. The predicted molar refractivity (Wildman–Crippen MR) is 22.0 cm³/mol. The molecule has 0 radical (unpaired) electrons. The van der Waals surface area contributed by atoms with Gasteiger partial charge in [-0.3, -0.25) is 4.90 Å². The summed E-state index contributed by atoms with van der Waals surface area (Å²) >= 11 is 0. The van der Waals surface area contributed by atoms with Crippen LogP contribution in [0.3, 0.4) is 0 Å². The number of hydrogen-bond acceptors (Lipinski definition) is 2. The van der Waals surface area contributed by atoms with Crippen LogP contribution in [-0.2, 0) is 0 Å². The Bertz CT molecular complexity index is 92.2. The van der Waals surface area contributed by atoms with Crippen LogP contribution in [0.4, 0.5) is 0 Å². The second kappa shape index (κ2) is 0.954. The molecule has 0 aliphatic carbocycles. The molecule has 0 spiro atoms. The van der Waals surface area contributed by atoms with E-state index in [1.165, 1.54) is 0 Å². The largest absolute Gasteiger partial charge is 0.287 e. The van der Waals surface area contributed by atoms with Crippen molar-refractivity contribution in [3.8, 4) is 6.07 Å². The van der Waals surface area contributed by atoms with E-state index in [4.69, 9.17) is 5.26 Å². The molecule has 32 valence electrons. The van der Waals surface area contributed by atoms with Crippen molar-refractivity contribution in [2.45, 2.75) is 6.04 Å². The van der Waals surface area contributed by atoms with Crippen LogP contribution in [0.5, 0.6) is 0 Å². The van der Waals surface area contributed by atoms with Gasteiger partial charge in [0.1, 0.15) is 6.04 Å². The lowest BCUT2D eigenvalue weighted by atomic mass is 10.5. The number of likely N-dealkylation sites (N-methyl/N-ethyl adjacent to an activating group) is 1. The first kappa shape index (κ1) is 3.63. The molecule has 1 rings (SSSR count). The van der Waals surface area contributed by atoms with Gasteiger partial charge in [0.05, 0.1) is 6.07 Å². The number of nitrogens with zero attached hydrogens (tertiary/aromatic N) is 2. The molecule has 0 N–H and O–H groups in total. The summed E-state index contributed by atoms with van der Waals surface area (Å²) in [7, 11) is 1.94. The third kappa shape index (κ3) is 0.373. The van der Waals surface area contributed by atoms with Crippen LogP contribution in [-0.4, -0.2) is 24.5 Å². The van der Waals surface area contributed by atoms with E-state index >= 15 is 0 Å². The van der Waals surface area contributed by atoms with Gasteiger partial charge in [0.2, 0.25) is 0 Å². The molecule has 0 saturated carbocycles. The van der Waals surface area contributed by atoms with Crippen molar-refractivity contribution in [2.24, 2.45) is 0 Å². The van der Waals surface area contributed by atoms with Crippen LogP contribution in [0.25, 0.3) is 0 Å². The minimum atomic E-state index is 0.241. The van der Waals surface area contributed by atoms with Gasteiger partial charge in [-0.25, -0.2) is 0 Å². The van der Waals surface area contributed by atoms with E-state index in [2.05, 4.69) is 6.07 Å². The maximum atomic E-state index is 8.08. The molecule has 2 nitrogen and oxygen atoms in total. The van der Waals surface area contributed by atoms with Crippen LogP contribution in [0.1, 0.15) is 0 Å². The van der Waals surface area contributed by atoms with Crippen molar-refractivity contribution in [1.82, 2.24) is 4.90 Å². The third-order valence-electron chi connectivity index (χ3n) is 1.01. The van der Waals surface area contributed by atoms with Crippen molar-refractivity contribution < 1.29 is 0 Å². The molecular formula is C4H6N2. The normalized spacial score (nSPS) is 41.3. The van der Waals surface area contributed by atoms with E-state index in [1.54, 1.807) is 0 Å². The maximum Gasteiger partial charge on any atom is 0.110 e. The molecule has 1 saturated heterocycles. The average molecular weight is 82.1 g/mol. The van der Waals surface area contributed by atoms with Gasteiger partial charge in [-0.15, -0.1) is 0 Å². The fourth-order valence-electron chi connectivity index (χ4n) is 0.365. The van der Waals surface area contributed by atoms with Gasteiger partial charge in [0, 0.05) is 6.54 Å². The number of nitriles is 1. The van der Waals surface area contributed by atoms with Gasteiger partial charge in [-0.05, 0) is 7.05 Å². The molecule has 2 heteroatoms. The molecule has 1 aliphatic heterocycles. The molecule has 6 heavy (non-hydrogen) atoms. The van der Waals surface area contributed by atoms with Crippen LogP contribution >= 0.6 is 0 Å². The zero-order valence-electron chi connectivity index (χ0n) is 3.68. The molecule has 1 aliphatic rings. The highest BCUT2D eigenvalue weighted by molar-refractivity contribution is 5.03. The van der Waals surface area contributed by atoms with Crippen LogP contribution in [0, 0.1) is 11.3 Å². The summed E-state index contributed by atoms with van der Waals surface area (Å²) in [6.45, 7) is 0.969. The van der Waals surface area contributed by atoms with E-state index in [9.17, 15) is 0 Å². The Morgan fingerprint density at radius 3 is 2.50 bits per heavy atom.